The number of hydrogen-bond acceptors (Lipinski definition) is 4. The van der Waals surface area contributed by atoms with Crippen LogP contribution < -0.4 is 0 Å². The van der Waals surface area contributed by atoms with Crippen LogP contribution in [-0.4, -0.2) is 23.9 Å². The summed E-state index contributed by atoms with van der Waals surface area (Å²) in [4.78, 5) is 22.0. The third-order valence-corrected chi connectivity index (χ3v) is 2.91. The van der Waals surface area contributed by atoms with Crippen molar-refractivity contribution in [3.05, 3.63) is 34.9 Å². The van der Waals surface area contributed by atoms with Gasteiger partial charge in [-0.2, -0.15) is 0 Å². The Balaban J connectivity index is 2.79. The first-order valence-corrected chi connectivity index (χ1v) is 6.34. The fourth-order valence-corrected chi connectivity index (χ4v) is 1.67. The van der Waals surface area contributed by atoms with E-state index in [0.29, 0.717) is 11.3 Å². The number of aryl methyl sites for hydroxylation is 1. The number of carbonyl (C=O) groups is 2. The topological polar surface area (TPSA) is 43.4 Å². The van der Waals surface area contributed by atoms with Gasteiger partial charge in [-0.3, -0.25) is 4.79 Å². The van der Waals surface area contributed by atoms with Crippen LogP contribution in [0.15, 0.2) is 18.2 Å². The Labute approximate surface area is 111 Å². The lowest BCUT2D eigenvalue weighted by atomic mass is 10.1. The van der Waals surface area contributed by atoms with Crippen LogP contribution in [0.5, 0.6) is 0 Å². The minimum Gasteiger partial charge on any atom is -0.465 e. The summed E-state index contributed by atoms with van der Waals surface area (Å²) in [7, 11) is 1.35. The van der Waals surface area contributed by atoms with E-state index < -0.39 is 0 Å². The standard InChI is InChI=1S/C14H14O3S/c1-10-9-13(14(16)17-3)7-6-12(10)5-4-8-18-11(2)15/h6-7,9H,8H2,1-3H3. The first kappa shape index (κ1) is 14.3. The monoisotopic (exact) mass is 262 g/mol. The third-order valence-electron chi connectivity index (χ3n) is 2.22. The maximum atomic E-state index is 11.3. The normalized spacial score (nSPS) is 9.28. The molecule has 0 radical (unpaired) electrons. The highest BCUT2D eigenvalue weighted by molar-refractivity contribution is 8.13. The molecular weight excluding hydrogens is 248 g/mol. The fourth-order valence-electron chi connectivity index (χ4n) is 1.32. The zero-order chi connectivity index (χ0) is 13.5. The van der Waals surface area contributed by atoms with Crippen molar-refractivity contribution in [2.24, 2.45) is 0 Å². The molecule has 0 spiro atoms. The zero-order valence-electron chi connectivity index (χ0n) is 10.6. The van der Waals surface area contributed by atoms with Crippen molar-refractivity contribution in [1.29, 1.82) is 0 Å². The molecule has 94 valence electrons. The SMILES string of the molecule is COC(=O)c1ccc(C#CCSC(C)=O)c(C)c1. The molecule has 0 saturated heterocycles. The zero-order valence-corrected chi connectivity index (χ0v) is 11.4. The quantitative estimate of drug-likeness (QED) is 0.606. The third kappa shape index (κ3) is 4.27. The predicted molar refractivity (Wildman–Crippen MR) is 72.5 cm³/mol. The highest BCUT2D eigenvalue weighted by Crippen LogP contribution is 2.11. The van der Waals surface area contributed by atoms with E-state index in [9.17, 15) is 9.59 Å². The number of methoxy groups -OCH3 is 1. The molecule has 1 aromatic carbocycles. The highest BCUT2D eigenvalue weighted by Gasteiger charge is 2.06. The van der Waals surface area contributed by atoms with E-state index in [1.54, 1.807) is 18.2 Å². The summed E-state index contributed by atoms with van der Waals surface area (Å²) in [5.74, 6) is 6.01. The molecule has 1 rings (SSSR count). The van der Waals surface area contributed by atoms with Gasteiger partial charge < -0.3 is 4.74 Å². The number of esters is 1. The summed E-state index contributed by atoms with van der Waals surface area (Å²) in [5, 5.41) is 0.0575. The van der Waals surface area contributed by atoms with Crippen LogP contribution in [-0.2, 0) is 9.53 Å². The van der Waals surface area contributed by atoms with E-state index in [1.165, 1.54) is 25.8 Å². The summed E-state index contributed by atoms with van der Waals surface area (Å²) in [5.41, 5.74) is 2.28. The molecule has 0 aliphatic rings. The first-order chi connectivity index (χ1) is 8.54. The van der Waals surface area contributed by atoms with Crippen molar-refractivity contribution in [3.8, 4) is 11.8 Å². The molecule has 0 fully saturated rings. The van der Waals surface area contributed by atoms with E-state index in [-0.39, 0.29) is 11.1 Å². The lowest BCUT2D eigenvalue weighted by Crippen LogP contribution is -2.01. The van der Waals surface area contributed by atoms with Crippen molar-refractivity contribution in [2.75, 3.05) is 12.9 Å². The van der Waals surface area contributed by atoms with Crippen LogP contribution in [0.25, 0.3) is 0 Å². The summed E-state index contributed by atoms with van der Waals surface area (Å²) in [6, 6.07) is 5.21. The molecule has 0 aliphatic carbocycles. The molecule has 0 aliphatic heterocycles. The summed E-state index contributed by atoms with van der Waals surface area (Å²) < 4.78 is 4.64. The van der Waals surface area contributed by atoms with E-state index >= 15 is 0 Å². The number of thioether (sulfide) groups is 1. The fraction of sp³-hybridized carbons (Fsp3) is 0.286. The van der Waals surface area contributed by atoms with Crippen LogP contribution in [0.2, 0.25) is 0 Å². The summed E-state index contributed by atoms with van der Waals surface area (Å²) >= 11 is 1.18. The second-order valence-electron chi connectivity index (χ2n) is 3.60. The van der Waals surface area contributed by atoms with Crippen LogP contribution in [0.1, 0.15) is 28.4 Å². The molecule has 0 aromatic heterocycles. The Bertz CT molecular complexity index is 524. The Kier molecular flexibility index (Phi) is 5.47. The minimum absolute atomic E-state index is 0.0575. The largest absolute Gasteiger partial charge is 0.465 e. The van der Waals surface area contributed by atoms with E-state index in [1.807, 2.05) is 6.92 Å². The lowest BCUT2D eigenvalue weighted by molar-refractivity contribution is -0.109. The Morgan fingerprint density at radius 1 is 1.39 bits per heavy atom. The summed E-state index contributed by atoms with van der Waals surface area (Å²) in [6.07, 6.45) is 0. The van der Waals surface area contributed by atoms with E-state index in [4.69, 9.17) is 0 Å². The van der Waals surface area contributed by atoms with Gasteiger partial charge in [-0.1, -0.05) is 23.6 Å². The van der Waals surface area contributed by atoms with Gasteiger partial charge in [0.05, 0.1) is 18.4 Å². The van der Waals surface area contributed by atoms with Gasteiger partial charge >= 0.3 is 5.97 Å². The average Bonchev–Trinajstić information content (AvgIpc) is 2.34. The number of hydrogen-bond donors (Lipinski definition) is 0. The molecule has 3 nitrogen and oxygen atoms in total. The van der Waals surface area contributed by atoms with Gasteiger partial charge in [0.15, 0.2) is 5.12 Å². The molecule has 18 heavy (non-hydrogen) atoms. The maximum Gasteiger partial charge on any atom is 0.337 e. The van der Waals surface area contributed by atoms with Crippen LogP contribution in [0.3, 0.4) is 0 Å². The van der Waals surface area contributed by atoms with Gasteiger partial charge in [-0.25, -0.2) is 4.79 Å². The smallest absolute Gasteiger partial charge is 0.337 e. The van der Waals surface area contributed by atoms with E-state index in [2.05, 4.69) is 16.6 Å². The second kappa shape index (κ2) is 6.87. The molecule has 0 heterocycles. The number of rotatable bonds is 2. The Morgan fingerprint density at radius 2 is 2.11 bits per heavy atom. The minimum atomic E-state index is -0.357. The number of carbonyl (C=O) groups excluding carboxylic acids is 2. The number of benzene rings is 1. The molecule has 0 atom stereocenters. The van der Waals surface area contributed by atoms with Gasteiger partial charge in [0.1, 0.15) is 0 Å². The molecule has 0 N–H and O–H groups in total. The molecule has 0 bridgehead atoms. The summed E-state index contributed by atoms with van der Waals surface area (Å²) in [6.45, 7) is 3.40. The van der Waals surface area contributed by atoms with Gasteiger partial charge in [0.25, 0.3) is 0 Å². The van der Waals surface area contributed by atoms with Crippen molar-refractivity contribution in [3.63, 3.8) is 0 Å². The van der Waals surface area contributed by atoms with Crippen molar-refractivity contribution in [2.45, 2.75) is 13.8 Å². The van der Waals surface area contributed by atoms with Gasteiger partial charge in [0.2, 0.25) is 0 Å². The molecule has 4 heteroatoms. The van der Waals surface area contributed by atoms with Crippen molar-refractivity contribution < 1.29 is 14.3 Å². The van der Waals surface area contributed by atoms with Crippen molar-refractivity contribution >= 4 is 22.8 Å². The lowest BCUT2D eigenvalue weighted by Gasteiger charge is -2.02. The van der Waals surface area contributed by atoms with E-state index in [0.717, 1.165) is 11.1 Å². The van der Waals surface area contributed by atoms with Gasteiger partial charge in [-0.05, 0) is 30.7 Å². The molecule has 0 amide bonds. The predicted octanol–water partition coefficient (Wildman–Crippen LogP) is 2.41. The average molecular weight is 262 g/mol. The first-order valence-electron chi connectivity index (χ1n) is 5.36. The highest BCUT2D eigenvalue weighted by atomic mass is 32.2. The van der Waals surface area contributed by atoms with Crippen molar-refractivity contribution in [1.82, 2.24) is 0 Å². The molecule has 0 unspecified atom stereocenters. The van der Waals surface area contributed by atoms with Crippen LogP contribution in [0, 0.1) is 18.8 Å². The Morgan fingerprint density at radius 3 is 2.67 bits per heavy atom. The van der Waals surface area contributed by atoms with Crippen LogP contribution in [0.4, 0.5) is 0 Å². The second-order valence-corrected chi connectivity index (χ2v) is 4.76. The number of ether oxygens (including phenoxy) is 1. The van der Waals surface area contributed by atoms with Gasteiger partial charge in [-0.15, -0.1) is 0 Å². The maximum absolute atomic E-state index is 11.3. The molecule has 1 aromatic rings. The Hall–Kier alpha value is -1.73. The molecular formula is C14H14O3S. The van der Waals surface area contributed by atoms with Gasteiger partial charge in [0, 0.05) is 12.5 Å². The molecule has 0 saturated carbocycles. The van der Waals surface area contributed by atoms with Crippen LogP contribution >= 0.6 is 11.8 Å².